The Kier molecular flexibility index (Phi) is 11.3. The molecule has 5 aromatic carbocycles. The SMILES string of the molecule is C=CCOC(=O)c1cc(C(=O)O)c(C(=O)OCc2ccccc2)cc1C(=O)N(Cc1ccccc1)Cc1ccc(Oc2ccccc2)cc1. The van der Waals surface area contributed by atoms with Crippen molar-refractivity contribution in [3.8, 4) is 11.5 Å². The zero-order chi connectivity index (χ0) is 34.6. The summed E-state index contributed by atoms with van der Waals surface area (Å²) in [7, 11) is 0. The molecule has 0 saturated carbocycles. The summed E-state index contributed by atoms with van der Waals surface area (Å²) in [6.07, 6.45) is 1.35. The molecule has 5 aromatic rings. The van der Waals surface area contributed by atoms with Crippen LogP contribution in [0.3, 0.4) is 0 Å². The summed E-state index contributed by atoms with van der Waals surface area (Å²) in [6.45, 7) is 3.48. The minimum atomic E-state index is -1.48. The predicted octanol–water partition coefficient (Wildman–Crippen LogP) is 7.72. The van der Waals surface area contributed by atoms with Gasteiger partial charge < -0.3 is 24.2 Å². The number of aromatic carboxylic acids is 1. The van der Waals surface area contributed by atoms with Crippen molar-refractivity contribution in [3.63, 3.8) is 0 Å². The van der Waals surface area contributed by atoms with Crippen LogP contribution in [0.5, 0.6) is 11.5 Å². The molecule has 0 atom stereocenters. The largest absolute Gasteiger partial charge is 0.478 e. The average molecular weight is 656 g/mol. The molecule has 0 aliphatic rings. The molecule has 0 saturated heterocycles. The third-order valence-corrected chi connectivity index (χ3v) is 7.38. The molecule has 9 nitrogen and oxygen atoms in total. The van der Waals surface area contributed by atoms with E-state index >= 15 is 0 Å². The van der Waals surface area contributed by atoms with Crippen molar-refractivity contribution in [2.24, 2.45) is 0 Å². The third kappa shape index (κ3) is 9.08. The highest BCUT2D eigenvalue weighted by Crippen LogP contribution is 2.26. The Bertz CT molecular complexity index is 1920. The Morgan fingerprint density at radius 2 is 1.08 bits per heavy atom. The Hall–Kier alpha value is -6.48. The molecule has 1 N–H and O–H groups in total. The van der Waals surface area contributed by atoms with Gasteiger partial charge in [-0.3, -0.25) is 4.79 Å². The highest BCUT2D eigenvalue weighted by molar-refractivity contribution is 6.11. The third-order valence-electron chi connectivity index (χ3n) is 7.38. The fourth-order valence-corrected chi connectivity index (χ4v) is 4.99. The maximum atomic E-state index is 14.5. The van der Waals surface area contributed by atoms with Crippen LogP contribution in [0, 0.1) is 0 Å². The van der Waals surface area contributed by atoms with E-state index in [0.29, 0.717) is 17.1 Å². The summed E-state index contributed by atoms with van der Waals surface area (Å²) in [5.74, 6) is -2.75. The monoisotopic (exact) mass is 655 g/mol. The predicted molar refractivity (Wildman–Crippen MR) is 182 cm³/mol. The standard InChI is InChI=1S/C40H33NO8/c1-2-22-47-39(45)35-24-34(38(43)44)36(40(46)48-27-30-14-8-4-9-15-30)23-33(35)37(42)41(25-28-12-6-3-7-13-28)26-29-18-20-32(21-19-29)49-31-16-10-5-11-17-31/h2-21,23-24H,1,22,25-27H2,(H,43,44). The van der Waals surface area contributed by atoms with Gasteiger partial charge in [-0.15, -0.1) is 0 Å². The van der Waals surface area contributed by atoms with Gasteiger partial charge in [-0.1, -0.05) is 104 Å². The summed E-state index contributed by atoms with van der Waals surface area (Å²) in [5.41, 5.74) is 0.824. The van der Waals surface area contributed by atoms with Gasteiger partial charge in [-0.05, 0) is 53.1 Å². The van der Waals surface area contributed by atoms with Crippen molar-refractivity contribution in [1.29, 1.82) is 0 Å². The Labute approximate surface area is 283 Å². The molecule has 9 heteroatoms. The number of carboxylic acid groups (broad SMARTS) is 1. The van der Waals surface area contributed by atoms with E-state index in [2.05, 4.69) is 6.58 Å². The summed E-state index contributed by atoms with van der Waals surface area (Å²) in [6, 6.07) is 36.7. The van der Waals surface area contributed by atoms with E-state index in [4.69, 9.17) is 14.2 Å². The van der Waals surface area contributed by atoms with Gasteiger partial charge in [-0.25, -0.2) is 14.4 Å². The first kappa shape index (κ1) is 33.9. The molecule has 0 radical (unpaired) electrons. The van der Waals surface area contributed by atoms with Crippen molar-refractivity contribution in [2.75, 3.05) is 6.61 Å². The molecule has 49 heavy (non-hydrogen) atoms. The van der Waals surface area contributed by atoms with E-state index in [-0.39, 0.29) is 43.0 Å². The van der Waals surface area contributed by atoms with Crippen LogP contribution >= 0.6 is 0 Å². The number of nitrogens with zero attached hydrogens (tertiary/aromatic N) is 1. The summed E-state index contributed by atoms with van der Waals surface area (Å²) >= 11 is 0. The second kappa shape index (κ2) is 16.4. The molecule has 0 spiro atoms. The van der Waals surface area contributed by atoms with Crippen LogP contribution in [0.15, 0.2) is 140 Å². The minimum absolute atomic E-state index is 0.106. The second-order valence-corrected chi connectivity index (χ2v) is 10.9. The van der Waals surface area contributed by atoms with Crippen LogP contribution in [-0.4, -0.2) is 40.4 Å². The topological polar surface area (TPSA) is 119 Å². The van der Waals surface area contributed by atoms with Gasteiger partial charge in [0.1, 0.15) is 24.7 Å². The number of carbonyl (C=O) groups is 4. The van der Waals surface area contributed by atoms with Crippen LogP contribution in [0.4, 0.5) is 0 Å². The van der Waals surface area contributed by atoms with E-state index in [1.165, 1.54) is 11.0 Å². The van der Waals surface area contributed by atoms with Crippen molar-refractivity contribution >= 4 is 23.8 Å². The van der Waals surface area contributed by atoms with E-state index < -0.39 is 29.4 Å². The summed E-state index contributed by atoms with van der Waals surface area (Å²) in [5, 5.41) is 10.0. The molecule has 0 unspecified atom stereocenters. The number of benzene rings is 5. The zero-order valence-corrected chi connectivity index (χ0v) is 26.5. The lowest BCUT2D eigenvalue weighted by molar-refractivity contribution is 0.0460. The molecule has 5 rings (SSSR count). The lowest BCUT2D eigenvalue weighted by Crippen LogP contribution is -2.32. The number of hydrogen-bond donors (Lipinski definition) is 1. The maximum absolute atomic E-state index is 14.5. The Morgan fingerprint density at radius 3 is 1.67 bits per heavy atom. The lowest BCUT2D eigenvalue weighted by atomic mass is 9.96. The smallest absolute Gasteiger partial charge is 0.339 e. The molecule has 0 fully saturated rings. The van der Waals surface area contributed by atoms with E-state index in [0.717, 1.165) is 23.3 Å². The minimum Gasteiger partial charge on any atom is -0.478 e. The van der Waals surface area contributed by atoms with Gasteiger partial charge in [0, 0.05) is 13.1 Å². The van der Waals surface area contributed by atoms with Gasteiger partial charge in [0.15, 0.2) is 0 Å². The van der Waals surface area contributed by atoms with Gasteiger partial charge in [0.25, 0.3) is 5.91 Å². The molecule has 246 valence electrons. The fourth-order valence-electron chi connectivity index (χ4n) is 4.99. The fraction of sp³-hybridized carbons (Fsp3) is 0.100. The van der Waals surface area contributed by atoms with Crippen LogP contribution in [0.1, 0.15) is 58.1 Å². The van der Waals surface area contributed by atoms with Crippen molar-refractivity contribution in [3.05, 3.63) is 179 Å². The Morgan fingerprint density at radius 1 is 0.592 bits per heavy atom. The van der Waals surface area contributed by atoms with E-state index in [9.17, 15) is 24.3 Å². The molecule has 0 heterocycles. The van der Waals surface area contributed by atoms with Gasteiger partial charge >= 0.3 is 17.9 Å². The number of carbonyl (C=O) groups excluding carboxylic acids is 3. The number of carboxylic acids is 1. The molecule has 0 aliphatic carbocycles. The molecule has 0 aliphatic heterocycles. The van der Waals surface area contributed by atoms with Gasteiger partial charge in [0.2, 0.25) is 0 Å². The van der Waals surface area contributed by atoms with Crippen molar-refractivity contribution in [2.45, 2.75) is 19.7 Å². The molecular weight excluding hydrogens is 622 g/mol. The highest BCUT2D eigenvalue weighted by atomic mass is 16.5. The van der Waals surface area contributed by atoms with Gasteiger partial charge in [0.05, 0.1) is 22.3 Å². The summed E-state index contributed by atoms with van der Waals surface area (Å²) < 4.78 is 16.6. The van der Waals surface area contributed by atoms with Crippen molar-refractivity contribution in [1.82, 2.24) is 4.90 Å². The number of rotatable bonds is 14. The first-order valence-corrected chi connectivity index (χ1v) is 15.4. The normalized spacial score (nSPS) is 10.4. The summed E-state index contributed by atoms with van der Waals surface area (Å²) in [4.78, 5) is 54.9. The number of esters is 2. The number of amides is 1. The lowest BCUT2D eigenvalue weighted by Gasteiger charge is -2.25. The first-order chi connectivity index (χ1) is 23.8. The van der Waals surface area contributed by atoms with Crippen LogP contribution in [-0.2, 0) is 29.2 Å². The molecule has 1 amide bonds. The molecular formula is C40H33NO8. The quantitative estimate of drug-likeness (QED) is 0.0954. The molecule has 0 bridgehead atoms. The maximum Gasteiger partial charge on any atom is 0.339 e. The number of ether oxygens (including phenoxy) is 3. The van der Waals surface area contributed by atoms with Crippen molar-refractivity contribution < 1.29 is 38.5 Å². The highest BCUT2D eigenvalue weighted by Gasteiger charge is 2.30. The Balaban J connectivity index is 1.52. The van der Waals surface area contributed by atoms with Crippen LogP contribution in [0.2, 0.25) is 0 Å². The molecule has 0 aromatic heterocycles. The van der Waals surface area contributed by atoms with Crippen LogP contribution in [0.25, 0.3) is 0 Å². The number of para-hydroxylation sites is 1. The zero-order valence-electron chi connectivity index (χ0n) is 26.5. The average Bonchev–Trinajstić information content (AvgIpc) is 3.13. The van der Waals surface area contributed by atoms with Crippen LogP contribution < -0.4 is 4.74 Å². The van der Waals surface area contributed by atoms with E-state index in [1.807, 2.05) is 78.9 Å². The first-order valence-electron chi connectivity index (χ1n) is 15.4. The van der Waals surface area contributed by atoms with E-state index in [1.54, 1.807) is 36.4 Å². The number of hydrogen-bond acceptors (Lipinski definition) is 7. The second-order valence-electron chi connectivity index (χ2n) is 10.9. The van der Waals surface area contributed by atoms with Gasteiger partial charge in [-0.2, -0.15) is 0 Å².